The molecule has 138 valence electrons. The first kappa shape index (κ1) is 22.8. The number of hydrogen-bond donors (Lipinski definition) is 2. The van der Waals surface area contributed by atoms with Crippen molar-refractivity contribution in [3.05, 3.63) is 0 Å². The van der Waals surface area contributed by atoms with Crippen molar-refractivity contribution in [3.8, 4) is 0 Å². The molecule has 0 aromatic carbocycles. The van der Waals surface area contributed by atoms with Gasteiger partial charge in [-0.3, -0.25) is 4.99 Å². The maximum absolute atomic E-state index is 12.1. The monoisotopic (exact) mass is 450 g/mol. The number of guanidine groups is 1. The standard InChI is InChI=1S/C15H29F3N4.HI/c1-12(2)10-22-8-4-5-13(11-22)9-21-14(19-3)20-7-6-15(16,17)18;/h12-13H,4-11H2,1-3H3,(H2,19,20,21);1H. The van der Waals surface area contributed by atoms with E-state index >= 15 is 0 Å². The third kappa shape index (κ3) is 11.0. The van der Waals surface area contributed by atoms with Crippen molar-refractivity contribution < 1.29 is 13.2 Å². The van der Waals surface area contributed by atoms with Gasteiger partial charge in [0.15, 0.2) is 5.96 Å². The average Bonchev–Trinajstić information content (AvgIpc) is 2.41. The number of nitrogens with zero attached hydrogens (tertiary/aromatic N) is 2. The van der Waals surface area contributed by atoms with Crippen LogP contribution in [0.4, 0.5) is 13.2 Å². The minimum absolute atomic E-state index is 0. The van der Waals surface area contributed by atoms with Crippen LogP contribution in [0, 0.1) is 11.8 Å². The highest BCUT2D eigenvalue weighted by molar-refractivity contribution is 14.0. The highest BCUT2D eigenvalue weighted by Crippen LogP contribution is 2.18. The Kier molecular flexibility index (Phi) is 11.2. The zero-order valence-electron chi connectivity index (χ0n) is 14.2. The van der Waals surface area contributed by atoms with Crippen LogP contribution in [0.15, 0.2) is 4.99 Å². The largest absolute Gasteiger partial charge is 0.390 e. The summed E-state index contributed by atoms with van der Waals surface area (Å²) in [7, 11) is 1.58. The molecule has 1 aliphatic heterocycles. The van der Waals surface area contributed by atoms with Crippen LogP contribution in [-0.2, 0) is 0 Å². The molecule has 1 saturated heterocycles. The first-order valence-electron chi connectivity index (χ1n) is 8.03. The van der Waals surface area contributed by atoms with Crippen molar-refractivity contribution in [2.75, 3.05) is 39.8 Å². The Bertz CT molecular complexity index is 348. The number of rotatable bonds is 6. The van der Waals surface area contributed by atoms with Crippen LogP contribution >= 0.6 is 24.0 Å². The van der Waals surface area contributed by atoms with E-state index in [-0.39, 0.29) is 30.5 Å². The van der Waals surface area contributed by atoms with Crippen LogP contribution in [0.25, 0.3) is 0 Å². The van der Waals surface area contributed by atoms with E-state index in [0.29, 0.717) is 17.8 Å². The van der Waals surface area contributed by atoms with Gasteiger partial charge in [-0.25, -0.2) is 0 Å². The van der Waals surface area contributed by atoms with E-state index in [2.05, 4.69) is 34.4 Å². The zero-order valence-corrected chi connectivity index (χ0v) is 16.6. The van der Waals surface area contributed by atoms with Crippen molar-refractivity contribution in [2.45, 2.75) is 39.3 Å². The van der Waals surface area contributed by atoms with Gasteiger partial charge in [0.25, 0.3) is 0 Å². The summed E-state index contributed by atoms with van der Waals surface area (Å²) in [4.78, 5) is 6.45. The van der Waals surface area contributed by atoms with Crippen LogP contribution in [-0.4, -0.2) is 56.8 Å². The molecule has 0 radical (unpaired) electrons. The fourth-order valence-electron chi connectivity index (χ4n) is 2.78. The van der Waals surface area contributed by atoms with Crippen molar-refractivity contribution >= 4 is 29.9 Å². The van der Waals surface area contributed by atoms with Gasteiger partial charge in [0.2, 0.25) is 0 Å². The lowest BCUT2D eigenvalue weighted by Crippen LogP contribution is -2.45. The lowest BCUT2D eigenvalue weighted by atomic mass is 9.97. The van der Waals surface area contributed by atoms with Gasteiger partial charge in [-0.1, -0.05) is 13.8 Å². The molecule has 0 aromatic rings. The molecule has 23 heavy (non-hydrogen) atoms. The van der Waals surface area contributed by atoms with Gasteiger partial charge >= 0.3 is 6.18 Å². The molecule has 2 N–H and O–H groups in total. The summed E-state index contributed by atoms with van der Waals surface area (Å²) in [5, 5.41) is 5.86. The normalized spacial score (nSPS) is 20.3. The molecule has 0 amide bonds. The summed E-state index contributed by atoms with van der Waals surface area (Å²) in [6.07, 6.45) is -2.65. The Labute approximate surface area is 154 Å². The number of hydrogen-bond acceptors (Lipinski definition) is 2. The lowest BCUT2D eigenvalue weighted by molar-refractivity contribution is -0.132. The van der Waals surface area contributed by atoms with Gasteiger partial charge in [0.05, 0.1) is 6.42 Å². The van der Waals surface area contributed by atoms with Crippen LogP contribution in [0.2, 0.25) is 0 Å². The maximum atomic E-state index is 12.1. The molecule has 1 atom stereocenters. The van der Waals surface area contributed by atoms with Gasteiger partial charge in [-0.2, -0.15) is 13.2 Å². The molecule has 0 bridgehead atoms. The second-order valence-electron chi connectivity index (χ2n) is 6.41. The van der Waals surface area contributed by atoms with Crippen molar-refractivity contribution in [2.24, 2.45) is 16.8 Å². The van der Waals surface area contributed by atoms with E-state index in [0.717, 1.165) is 32.6 Å². The summed E-state index contributed by atoms with van der Waals surface area (Å²) in [5.74, 6) is 1.63. The molecular formula is C15H30F3IN4. The Morgan fingerprint density at radius 1 is 1.30 bits per heavy atom. The van der Waals surface area contributed by atoms with Gasteiger partial charge in [0, 0.05) is 33.2 Å². The Hall–Kier alpha value is -0.250. The van der Waals surface area contributed by atoms with Crippen LogP contribution in [0.5, 0.6) is 0 Å². The Balaban J connectivity index is 0.00000484. The third-order valence-corrected chi connectivity index (χ3v) is 3.71. The minimum Gasteiger partial charge on any atom is -0.356 e. The quantitative estimate of drug-likeness (QED) is 0.371. The molecule has 0 aromatic heterocycles. The topological polar surface area (TPSA) is 39.7 Å². The van der Waals surface area contributed by atoms with Crippen molar-refractivity contribution in [3.63, 3.8) is 0 Å². The average molecular weight is 450 g/mol. The zero-order chi connectivity index (χ0) is 16.6. The summed E-state index contributed by atoms with van der Waals surface area (Å²) < 4.78 is 36.4. The molecular weight excluding hydrogens is 420 g/mol. The predicted octanol–water partition coefficient (Wildman–Crippen LogP) is 3.09. The predicted molar refractivity (Wildman–Crippen MR) is 99.5 cm³/mol. The van der Waals surface area contributed by atoms with Gasteiger partial charge < -0.3 is 15.5 Å². The van der Waals surface area contributed by atoms with E-state index < -0.39 is 12.6 Å². The van der Waals surface area contributed by atoms with Gasteiger partial charge in [-0.15, -0.1) is 24.0 Å². The number of aliphatic imine (C=N–C) groups is 1. The Morgan fingerprint density at radius 3 is 2.57 bits per heavy atom. The van der Waals surface area contributed by atoms with Crippen molar-refractivity contribution in [1.29, 1.82) is 0 Å². The van der Waals surface area contributed by atoms with Gasteiger partial charge in [-0.05, 0) is 31.2 Å². The number of likely N-dealkylation sites (tertiary alicyclic amines) is 1. The molecule has 1 fully saturated rings. The molecule has 1 aliphatic rings. The van der Waals surface area contributed by atoms with E-state index in [4.69, 9.17) is 0 Å². The number of alkyl halides is 3. The lowest BCUT2D eigenvalue weighted by Gasteiger charge is -2.34. The van der Waals surface area contributed by atoms with Gasteiger partial charge in [0.1, 0.15) is 0 Å². The molecule has 4 nitrogen and oxygen atoms in total. The molecule has 1 rings (SSSR count). The smallest absolute Gasteiger partial charge is 0.356 e. The fourth-order valence-corrected chi connectivity index (χ4v) is 2.78. The molecule has 0 saturated carbocycles. The maximum Gasteiger partial charge on any atom is 0.390 e. The second-order valence-corrected chi connectivity index (χ2v) is 6.41. The van der Waals surface area contributed by atoms with Crippen LogP contribution in [0.3, 0.4) is 0 Å². The molecule has 0 spiro atoms. The third-order valence-electron chi connectivity index (χ3n) is 3.71. The van der Waals surface area contributed by atoms with Crippen molar-refractivity contribution in [1.82, 2.24) is 15.5 Å². The van der Waals surface area contributed by atoms with E-state index in [1.54, 1.807) is 7.05 Å². The first-order chi connectivity index (χ1) is 10.3. The first-order valence-corrected chi connectivity index (χ1v) is 8.03. The van der Waals surface area contributed by atoms with E-state index in [1.807, 2.05) is 0 Å². The molecule has 8 heteroatoms. The number of nitrogens with one attached hydrogen (secondary N) is 2. The summed E-state index contributed by atoms with van der Waals surface area (Å²) in [6, 6.07) is 0. The number of halogens is 4. The number of piperidine rings is 1. The second kappa shape index (κ2) is 11.3. The summed E-state index contributed by atoms with van der Waals surface area (Å²) >= 11 is 0. The molecule has 0 aliphatic carbocycles. The van der Waals surface area contributed by atoms with E-state index in [9.17, 15) is 13.2 Å². The highest BCUT2D eigenvalue weighted by atomic mass is 127. The summed E-state index contributed by atoms with van der Waals surface area (Å²) in [6.45, 7) is 8.34. The minimum atomic E-state index is -4.13. The van der Waals surface area contributed by atoms with E-state index in [1.165, 1.54) is 6.42 Å². The van der Waals surface area contributed by atoms with Crippen LogP contribution in [0.1, 0.15) is 33.1 Å². The summed E-state index contributed by atoms with van der Waals surface area (Å²) in [5.41, 5.74) is 0. The SMILES string of the molecule is CN=C(NCCC(F)(F)F)NCC1CCCN(CC(C)C)C1.I. The molecule has 1 heterocycles. The Morgan fingerprint density at radius 2 is 2.00 bits per heavy atom. The molecule has 1 unspecified atom stereocenters. The fraction of sp³-hybridized carbons (Fsp3) is 0.933. The highest BCUT2D eigenvalue weighted by Gasteiger charge is 2.26. The van der Waals surface area contributed by atoms with Crippen LogP contribution < -0.4 is 10.6 Å².